The molecule has 3 heterocycles. The SMILES string of the molecule is CN(C)C(=O)/C=C/CCC(OC(=O)N(C)C)C(=O)Nc1cccn(Cc2nc3ncnc(CC4CCCCC4)c3[nH]2)c1=O. The smallest absolute Gasteiger partial charge is 0.410 e. The molecular weight excluding hydrogens is 552 g/mol. The summed E-state index contributed by atoms with van der Waals surface area (Å²) in [6, 6.07) is 3.13. The van der Waals surface area contributed by atoms with Gasteiger partial charge in [-0.05, 0) is 43.4 Å². The van der Waals surface area contributed by atoms with Crippen LogP contribution in [-0.4, -0.2) is 86.5 Å². The molecule has 0 radical (unpaired) electrons. The number of pyridine rings is 1. The van der Waals surface area contributed by atoms with Crippen LogP contribution < -0.4 is 10.9 Å². The van der Waals surface area contributed by atoms with Gasteiger partial charge < -0.3 is 29.4 Å². The van der Waals surface area contributed by atoms with Crippen LogP contribution in [0, 0.1) is 5.92 Å². The highest BCUT2D eigenvalue weighted by Gasteiger charge is 2.25. The molecule has 1 unspecified atom stereocenters. The first-order valence-corrected chi connectivity index (χ1v) is 14.6. The van der Waals surface area contributed by atoms with E-state index < -0.39 is 23.7 Å². The second-order valence-electron chi connectivity index (χ2n) is 11.2. The second kappa shape index (κ2) is 14.6. The Balaban J connectivity index is 1.47. The van der Waals surface area contributed by atoms with Crippen molar-refractivity contribution in [3.63, 3.8) is 0 Å². The summed E-state index contributed by atoms with van der Waals surface area (Å²) in [4.78, 5) is 69.8. The van der Waals surface area contributed by atoms with Gasteiger partial charge >= 0.3 is 6.09 Å². The first-order valence-electron chi connectivity index (χ1n) is 14.6. The number of aromatic amines is 1. The number of H-pyrrole nitrogens is 1. The molecule has 13 heteroatoms. The largest absolute Gasteiger partial charge is 0.436 e. The third kappa shape index (κ3) is 8.49. The molecule has 4 rings (SSSR count). The van der Waals surface area contributed by atoms with Gasteiger partial charge in [0, 0.05) is 34.4 Å². The lowest BCUT2D eigenvalue weighted by Gasteiger charge is -2.20. The van der Waals surface area contributed by atoms with Crippen LogP contribution in [0.4, 0.5) is 10.5 Å². The third-order valence-electron chi connectivity index (χ3n) is 7.42. The fraction of sp³-hybridized carbons (Fsp3) is 0.500. The molecule has 0 aromatic carbocycles. The fourth-order valence-corrected chi connectivity index (χ4v) is 5.00. The summed E-state index contributed by atoms with van der Waals surface area (Å²) in [7, 11) is 6.27. The van der Waals surface area contributed by atoms with E-state index in [4.69, 9.17) is 4.74 Å². The number of allylic oxidation sites excluding steroid dienone is 1. The number of amides is 3. The van der Waals surface area contributed by atoms with Gasteiger partial charge in [0.05, 0.1) is 12.2 Å². The highest BCUT2D eigenvalue weighted by Crippen LogP contribution is 2.28. The van der Waals surface area contributed by atoms with E-state index in [1.807, 2.05) is 0 Å². The molecule has 3 aromatic heterocycles. The van der Waals surface area contributed by atoms with Crippen molar-refractivity contribution in [2.75, 3.05) is 33.5 Å². The van der Waals surface area contributed by atoms with Crippen LogP contribution in [0.1, 0.15) is 56.5 Å². The monoisotopic (exact) mass is 592 g/mol. The van der Waals surface area contributed by atoms with Crippen LogP contribution in [0.15, 0.2) is 41.6 Å². The van der Waals surface area contributed by atoms with Gasteiger partial charge in [0.1, 0.15) is 23.4 Å². The normalized spacial score (nSPS) is 14.5. The van der Waals surface area contributed by atoms with Crippen molar-refractivity contribution in [1.82, 2.24) is 34.3 Å². The molecule has 1 atom stereocenters. The molecule has 3 amide bonds. The molecule has 43 heavy (non-hydrogen) atoms. The molecule has 3 aromatic rings. The van der Waals surface area contributed by atoms with Crippen molar-refractivity contribution >= 4 is 34.8 Å². The van der Waals surface area contributed by atoms with E-state index in [1.54, 1.807) is 32.4 Å². The number of hydrogen-bond donors (Lipinski definition) is 2. The van der Waals surface area contributed by atoms with E-state index in [0.29, 0.717) is 23.8 Å². The third-order valence-corrected chi connectivity index (χ3v) is 7.42. The summed E-state index contributed by atoms with van der Waals surface area (Å²) in [6.45, 7) is 0.130. The Morgan fingerprint density at radius 2 is 1.91 bits per heavy atom. The minimum Gasteiger partial charge on any atom is -0.436 e. The predicted octanol–water partition coefficient (Wildman–Crippen LogP) is 3.12. The molecule has 0 saturated heterocycles. The number of imidazole rings is 1. The van der Waals surface area contributed by atoms with Crippen molar-refractivity contribution in [3.05, 3.63) is 58.7 Å². The maximum absolute atomic E-state index is 13.3. The average Bonchev–Trinajstić information content (AvgIpc) is 3.40. The molecule has 2 N–H and O–H groups in total. The van der Waals surface area contributed by atoms with Gasteiger partial charge in [-0.1, -0.05) is 38.2 Å². The molecular formula is C30H40N8O5. The van der Waals surface area contributed by atoms with Gasteiger partial charge in [-0.2, -0.15) is 0 Å². The van der Waals surface area contributed by atoms with Crippen molar-refractivity contribution in [2.45, 2.75) is 64.0 Å². The van der Waals surface area contributed by atoms with Gasteiger partial charge in [0.15, 0.2) is 11.8 Å². The summed E-state index contributed by atoms with van der Waals surface area (Å²) in [5.41, 5.74) is 1.86. The van der Waals surface area contributed by atoms with Crippen molar-refractivity contribution in [3.8, 4) is 0 Å². The topological polar surface area (TPSA) is 155 Å². The van der Waals surface area contributed by atoms with Crippen LogP contribution in [0.25, 0.3) is 11.2 Å². The number of ether oxygens (including phenoxy) is 1. The van der Waals surface area contributed by atoms with E-state index >= 15 is 0 Å². The van der Waals surface area contributed by atoms with Crippen molar-refractivity contribution in [1.29, 1.82) is 0 Å². The zero-order valence-electron chi connectivity index (χ0n) is 25.2. The molecule has 0 aliphatic heterocycles. The Bertz CT molecular complexity index is 1520. The number of aromatic nitrogens is 5. The van der Waals surface area contributed by atoms with Crippen molar-refractivity contribution < 1.29 is 19.1 Å². The maximum atomic E-state index is 13.3. The summed E-state index contributed by atoms with van der Waals surface area (Å²) < 4.78 is 6.80. The first kappa shape index (κ1) is 31.4. The highest BCUT2D eigenvalue weighted by molar-refractivity contribution is 5.95. The molecule has 230 valence electrons. The number of nitrogens with zero attached hydrogens (tertiary/aromatic N) is 6. The molecule has 1 aliphatic carbocycles. The zero-order valence-corrected chi connectivity index (χ0v) is 25.2. The number of hydrogen-bond acceptors (Lipinski definition) is 8. The Morgan fingerprint density at radius 3 is 2.63 bits per heavy atom. The summed E-state index contributed by atoms with van der Waals surface area (Å²) in [6.07, 6.45) is 11.7. The Morgan fingerprint density at radius 1 is 1.14 bits per heavy atom. The molecule has 13 nitrogen and oxygen atoms in total. The van der Waals surface area contributed by atoms with Crippen molar-refractivity contribution in [2.24, 2.45) is 5.92 Å². The molecule has 1 saturated carbocycles. The van der Waals surface area contributed by atoms with E-state index in [1.165, 1.54) is 79.0 Å². The molecule has 0 bridgehead atoms. The zero-order chi connectivity index (χ0) is 30.9. The summed E-state index contributed by atoms with van der Waals surface area (Å²) in [5.74, 6) is 0.290. The predicted molar refractivity (Wildman–Crippen MR) is 161 cm³/mol. The van der Waals surface area contributed by atoms with E-state index in [9.17, 15) is 19.2 Å². The number of fused-ring (bicyclic) bond motifs is 1. The number of carbonyl (C=O) groups is 3. The Labute approximate surface area is 250 Å². The maximum Gasteiger partial charge on any atom is 0.410 e. The second-order valence-corrected chi connectivity index (χ2v) is 11.2. The lowest BCUT2D eigenvalue weighted by atomic mass is 9.86. The van der Waals surface area contributed by atoms with Crippen LogP contribution in [-0.2, 0) is 27.3 Å². The average molecular weight is 593 g/mol. The Kier molecular flexibility index (Phi) is 10.6. The van der Waals surface area contributed by atoms with Gasteiger partial charge in [-0.3, -0.25) is 14.4 Å². The summed E-state index contributed by atoms with van der Waals surface area (Å²) in [5, 5.41) is 2.61. The van der Waals surface area contributed by atoms with Gasteiger partial charge in [0.2, 0.25) is 5.91 Å². The highest BCUT2D eigenvalue weighted by atomic mass is 16.6. The van der Waals surface area contributed by atoms with Gasteiger partial charge in [-0.25, -0.2) is 19.7 Å². The Hall–Kier alpha value is -4.55. The minimum atomic E-state index is -1.18. The number of carbonyl (C=O) groups excluding carboxylic acids is 3. The van der Waals surface area contributed by atoms with Gasteiger partial charge in [0.25, 0.3) is 11.5 Å². The van der Waals surface area contributed by atoms with E-state index in [-0.39, 0.29) is 24.6 Å². The van der Waals surface area contributed by atoms with E-state index in [2.05, 4.69) is 25.3 Å². The van der Waals surface area contributed by atoms with Crippen LogP contribution >= 0.6 is 0 Å². The fourth-order valence-electron chi connectivity index (χ4n) is 5.00. The lowest BCUT2D eigenvalue weighted by molar-refractivity contribution is -0.125. The summed E-state index contributed by atoms with van der Waals surface area (Å²) >= 11 is 0. The van der Waals surface area contributed by atoms with Crippen LogP contribution in [0.5, 0.6) is 0 Å². The first-order chi connectivity index (χ1) is 20.6. The van der Waals surface area contributed by atoms with E-state index in [0.717, 1.165) is 17.6 Å². The number of likely N-dealkylation sites (N-methyl/N-ethyl adjacent to an activating group) is 1. The molecule has 1 aliphatic rings. The van der Waals surface area contributed by atoms with Crippen LogP contribution in [0.2, 0.25) is 0 Å². The van der Waals surface area contributed by atoms with Gasteiger partial charge in [-0.15, -0.1) is 0 Å². The molecule has 1 fully saturated rings. The number of anilines is 1. The minimum absolute atomic E-state index is 0.0330. The quantitative estimate of drug-likeness (QED) is 0.322. The molecule has 0 spiro atoms. The standard InChI is InChI=1S/C30H40N8O5/c1-36(2)25(39)15-9-8-14-23(43-30(42)37(3)4)28(40)33-21-13-10-16-38(29(21)41)18-24-34-26-22(31-19-32-27(26)35-24)17-20-11-6-5-7-12-20/h9-10,13,15-16,19-20,23H,5-8,11-12,14,17-18H2,1-4H3,(H,33,40)(H,31,32,34,35)/b15-9+. The number of rotatable bonds is 11. The van der Waals surface area contributed by atoms with Crippen LogP contribution in [0.3, 0.4) is 0 Å². The lowest BCUT2D eigenvalue weighted by Crippen LogP contribution is -2.37. The number of nitrogens with one attached hydrogen (secondary N) is 2.